The molecule has 2 amide bonds. The van der Waals surface area contributed by atoms with Crippen LogP contribution in [0.3, 0.4) is 0 Å². The van der Waals surface area contributed by atoms with E-state index < -0.39 is 23.4 Å². The summed E-state index contributed by atoms with van der Waals surface area (Å²) in [5.41, 5.74) is 0.818. The molecule has 0 saturated carbocycles. The number of benzene rings is 3. The summed E-state index contributed by atoms with van der Waals surface area (Å²) in [6.07, 6.45) is 0. The summed E-state index contributed by atoms with van der Waals surface area (Å²) in [5, 5.41) is 2.94. The van der Waals surface area contributed by atoms with Gasteiger partial charge in [0.05, 0.1) is 5.69 Å². The maximum absolute atomic E-state index is 13.3. The number of nitrogens with one attached hydrogen (secondary N) is 1. The van der Waals surface area contributed by atoms with Gasteiger partial charge < -0.3 is 5.32 Å². The predicted molar refractivity (Wildman–Crippen MR) is 108 cm³/mol. The van der Waals surface area contributed by atoms with Crippen LogP contribution in [0.4, 0.5) is 20.2 Å². The van der Waals surface area contributed by atoms with Crippen LogP contribution < -0.4 is 10.2 Å². The minimum Gasteiger partial charge on any atom is -0.350 e. The van der Waals surface area contributed by atoms with Gasteiger partial charge in [-0.05, 0) is 60.7 Å². The number of rotatable bonds is 5. The van der Waals surface area contributed by atoms with Gasteiger partial charge in [0.15, 0.2) is 0 Å². The summed E-state index contributed by atoms with van der Waals surface area (Å²) in [4.78, 5) is 28.2. The summed E-state index contributed by atoms with van der Waals surface area (Å²) < 4.78 is 26.5. The quantitative estimate of drug-likeness (QED) is 0.607. The van der Waals surface area contributed by atoms with Gasteiger partial charge in [-0.25, -0.2) is 13.7 Å². The van der Waals surface area contributed by atoms with Crippen molar-refractivity contribution in [3.8, 4) is 0 Å². The molecule has 0 spiro atoms. The molecule has 7 heteroatoms. The van der Waals surface area contributed by atoms with Gasteiger partial charge in [-0.2, -0.15) is 0 Å². The Morgan fingerprint density at radius 1 is 0.724 bits per heavy atom. The van der Waals surface area contributed by atoms with Crippen LogP contribution in [0.2, 0.25) is 0 Å². The second-order valence-corrected chi connectivity index (χ2v) is 7.26. The van der Waals surface area contributed by atoms with Gasteiger partial charge in [0, 0.05) is 10.6 Å². The number of hydrogen-bond acceptors (Lipinski definition) is 4. The molecule has 4 rings (SSSR count). The lowest BCUT2D eigenvalue weighted by Gasteiger charge is -2.15. The van der Waals surface area contributed by atoms with Crippen LogP contribution in [0, 0.1) is 11.6 Å². The molecule has 29 heavy (non-hydrogen) atoms. The number of carbonyl (C=O) groups is 2. The molecule has 0 saturated heterocycles. The molecule has 1 heterocycles. The normalized spacial score (nSPS) is 13.9. The second-order valence-electron chi connectivity index (χ2n) is 6.17. The Hall–Kier alpha value is -3.45. The molecule has 0 radical (unpaired) electrons. The fourth-order valence-corrected chi connectivity index (χ4v) is 3.77. The highest BCUT2D eigenvalue weighted by Gasteiger charge is 2.40. The fourth-order valence-electron chi connectivity index (χ4n) is 2.82. The number of imide groups is 1. The molecule has 0 aromatic heterocycles. The van der Waals surface area contributed by atoms with Gasteiger partial charge in [0.2, 0.25) is 0 Å². The van der Waals surface area contributed by atoms with E-state index in [1.54, 1.807) is 0 Å². The maximum atomic E-state index is 13.3. The number of hydrogen-bond donors (Lipinski definition) is 1. The minimum atomic E-state index is -0.565. The molecule has 144 valence electrons. The molecular formula is C22H14F2N2O2S. The van der Waals surface area contributed by atoms with Gasteiger partial charge in [-0.1, -0.05) is 30.0 Å². The number of anilines is 2. The second kappa shape index (κ2) is 7.89. The van der Waals surface area contributed by atoms with E-state index in [0.717, 1.165) is 21.6 Å². The molecule has 0 aliphatic carbocycles. The van der Waals surface area contributed by atoms with Gasteiger partial charge in [-0.15, -0.1) is 0 Å². The largest absolute Gasteiger partial charge is 0.350 e. The highest BCUT2D eigenvalue weighted by atomic mass is 32.2. The Morgan fingerprint density at radius 2 is 1.31 bits per heavy atom. The third kappa shape index (κ3) is 3.90. The third-order valence-corrected chi connectivity index (χ3v) is 5.29. The van der Waals surface area contributed by atoms with Crippen LogP contribution >= 0.6 is 11.8 Å². The highest BCUT2D eigenvalue weighted by molar-refractivity contribution is 8.04. The SMILES string of the molecule is O=C1C(Nc2ccc(F)cc2)=C(Sc2ccccc2)C(=O)N1c1ccc(F)cc1. The van der Waals surface area contributed by atoms with Crippen molar-refractivity contribution in [2.45, 2.75) is 4.90 Å². The first-order valence-electron chi connectivity index (χ1n) is 8.67. The monoisotopic (exact) mass is 408 g/mol. The van der Waals surface area contributed by atoms with E-state index in [1.807, 2.05) is 30.3 Å². The van der Waals surface area contributed by atoms with Crippen LogP contribution in [0.1, 0.15) is 0 Å². The van der Waals surface area contributed by atoms with Gasteiger partial charge in [0.25, 0.3) is 11.8 Å². The average molecular weight is 408 g/mol. The number of carbonyl (C=O) groups excluding carboxylic acids is 2. The lowest BCUT2D eigenvalue weighted by molar-refractivity contribution is -0.120. The van der Waals surface area contributed by atoms with E-state index in [0.29, 0.717) is 5.69 Å². The minimum absolute atomic E-state index is 0.0831. The lowest BCUT2D eigenvalue weighted by Crippen LogP contribution is -2.32. The van der Waals surface area contributed by atoms with E-state index in [-0.39, 0.29) is 16.3 Å². The van der Waals surface area contributed by atoms with Crippen LogP contribution in [0.25, 0.3) is 0 Å². The zero-order valence-electron chi connectivity index (χ0n) is 14.9. The topological polar surface area (TPSA) is 49.4 Å². The number of halogens is 2. The Kier molecular flexibility index (Phi) is 5.14. The molecule has 1 aliphatic heterocycles. The first-order valence-corrected chi connectivity index (χ1v) is 9.49. The summed E-state index contributed by atoms with van der Waals surface area (Å²) >= 11 is 1.15. The van der Waals surface area contributed by atoms with Crippen molar-refractivity contribution in [2.24, 2.45) is 0 Å². The van der Waals surface area contributed by atoms with Crippen molar-refractivity contribution in [2.75, 3.05) is 10.2 Å². The molecule has 3 aromatic carbocycles. The first kappa shape index (κ1) is 18.9. The van der Waals surface area contributed by atoms with E-state index in [9.17, 15) is 18.4 Å². The number of amides is 2. The predicted octanol–water partition coefficient (Wildman–Crippen LogP) is 4.95. The summed E-state index contributed by atoms with van der Waals surface area (Å²) in [7, 11) is 0. The first-order chi connectivity index (χ1) is 14.0. The molecule has 0 unspecified atom stereocenters. The fraction of sp³-hybridized carbons (Fsp3) is 0. The molecule has 4 nitrogen and oxygen atoms in total. The van der Waals surface area contributed by atoms with E-state index in [1.165, 1.54) is 48.5 Å². The lowest BCUT2D eigenvalue weighted by atomic mass is 10.2. The smallest absolute Gasteiger partial charge is 0.283 e. The summed E-state index contributed by atoms with van der Waals surface area (Å²) in [6.45, 7) is 0. The van der Waals surface area contributed by atoms with E-state index in [4.69, 9.17) is 0 Å². The zero-order chi connectivity index (χ0) is 20.4. The third-order valence-electron chi connectivity index (χ3n) is 4.20. The molecule has 1 N–H and O–H groups in total. The van der Waals surface area contributed by atoms with Crippen molar-refractivity contribution in [3.63, 3.8) is 0 Å². The van der Waals surface area contributed by atoms with E-state index in [2.05, 4.69) is 5.32 Å². The molecule has 0 bridgehead atoms. The van der Waals surface area contributed by atoms with Crippen molar-refractivity contribution in [3.05, 3.63) is 101 Å². The summed E-state index contributed by atoms with van der Waals surface area (Å²) in [5.74, 6) is -1.96. The van der Waals surface area contributed by atoms with Crippen molar-refractivity contribution >= 4 is 35.0 Å². The van der Waals surface area contributed by atoms with Crippen LogP contribution in [0.15, 0.2) is 94.4 Å². The van der Waals surface area contributed by atoms with Crippen LogP contribution in [0.5, 0.6) is 0 Å². The van der Waals surface area contributed by atoms with Gasteiger partial charge >= 0.3 is 0 Å². The van der Waals surface area contributed by atoms with Crippen molar-refractivity contribution in [1.29, 1.82) is 0 Å². The Balaban J connectivity index is 1.73. The number of thioether (sulfide) groups is 1. The maximum Gasteiger partial charge on any atom is 0.283 e. The summed E-state index contributed by atoms with van der Waals surface area (Å²) in [6, 6.07) is 19.7. The van der Waals surface area contributed by atoms with Crippen LogP contribution in [-0.4, -0.2) is 11.8 Å². The Bertz CT molecular complexity index is 1100. The van der Waals surface area contributed by atoms with E-state index >= 15 is 0 Å². The Morgan fingerprint density at radius 3 is 1.93 bits per heavy atom. The standard InChI is InChI=1S/C22H14F2N2O2S/c23-14-6-10-16(11-7-14)25-19-20(29-18-4-2-1-3-5-18)22(28)26(21(19)27)17-12-8-15(24)9-13-17/h1-13,25H. The molecule has 0 atom stereocenters. The highest BCUT2D eigenvalue weighted by Crippen LogP contribution is 2.37. The van der Waals surface area contributed by atoms with Crippen LogP contribution in [-0.2, 0) is 9.59 Å². The molecule has 0 fully saturated rings. The van der Waals surface area contributed by atoms with Gasteiger partial charge in [0.1, 0.15) is 22.2 Å². The van der Waals surface area contributed by atoms with Crippen molar-refractivity contribution < 1.29 is 18.4 Å². The van der Waals surface area contributed by atoms with Gasteiger partial charge in [-0.3, -0.25) is 9.59 Å². The van der Waals surface area contributed by atoms with Crippen molar-refractivity contribution in [1.82, 2.24) is 0 Å². The molecule has 1 aliphatic rings. The molecular weight excluding hydrogens is 394 g/mol. The number of nitrogens with zero attached hydrogens (tertiary/aromatic N) is 1. The average Bonchev–Trinajstić information content (AvgIpc) is 2.95. The Labute approximate surface area is 169 Å². The zero-order valence-corrected chi connectivity index (χ0v) is 15.7. The molecule has 3 aromatic rings.